The Morgan fingerprint density at radius 2 is 2.05 bits per heavy atom. The second-order valence-electron chi connectivity index (χ2n) is 4.13. The molecule has 0 spiro atoms. The van der Waals surface area contributed by atoms with Crippen molar-refractivity contribution in [2.45, 2.75) is 6.92 Å². The van der Waals surface area contributed by atoms with Crippen LogP contribution >= 0.6 is 0 Å². The van der Waals surface area contributed by atoms with E-state index in [-0.39, 0.29) is 5.56 Å². The van der Waals surface area contributed by atoms with Crippen molar-refractivity contribution < 1.29 is 9.53 Å². The lowest BCUT2D eigenvalue weighted by Gasteiger charge is -2.03. The zero-order valence-electron chi connectivity index (χ0n) is 10.3. The molecule has 96 valence electrons. The number of para-hydroxylation sites is 2. The van der Waals surface area contributed by atoms with Crippen LogP contribution in [-0.4, -0.2) is 22.0 Å². The zero-order chi connectivity index (χ0) is 13.4. The van der Waals surface area contributed by atoms with Gasteiger partial charge in [-0.25, -0.2) is 4.79 Å². The Bertz CT molecular complexity index is 829. The molecule has 3 rings (SSSR count). The summed E-state index contributed by atoms with van der Waals surface area (Å²) in [6.45, 7) is 2.04. The Kier molecular flexibility index (Phi) is 2.59. The van der Waals surface area contributed by atoms with Crippen molar-refractivity contribution in [3.63, 3.8) is 0 Å². The average molecular weight is 256 g/mol. The normalized spacial score (nSPS) is 11.0. The summed E-state index contributed by atoms with van der Waals surface area (Å²) in [6.07, 6.45) is 0. The standard InChI is InChI=1S/C14H12N2O3/c1-2-19-14(18)9-7-8-12(17)16-11-6-4-3-5-10(11)15-13(9)16/h3-8,15H,2H2,1H3. The summed E-state index contributed by atoms with van der Waals surface area (Å²) in [5.74, 6) is -0.438. The number of nitrogens with zero attached hydrogens (tertiary/aromatic N) is 1. The number of nitrogens with one attached hydrogen (secondary N) is 1. The van der Waals surface area contributed by atoms with E-state index in [1.54, 1.807) is 6.92 Å². The highest BCUT2D eigenvalue weighted by Crippen LogP contribution is 2.17. The fourth-order valence-electron chi connectivity index (χ4n) is 2.18. The second-order valence-corrected chi connectivity index (χ2v) is 4.13. The number of H-pyrrole nitrogens is 1. The average Bonchev–Trinajstić information content (AvgIpc) is 2.79. The van der Waals surface area contributed by atoms with Crippen molar-refractivity contribution in [1.29, 1.82) is 0 Å². The van der Waals surface area contributed by atoms with Crippen LogP contribution < -0.4 is 5.56 Å². The molecule has 5 nitrogen and oxygen atoms in total. The maximum atomic E-state index is 12.0. The molecule has 0 bridgehead atoms. The van der Waals surface area contributed by atoms with E-state index in [1.165, 1.54) is 16.5 Å². The van der Waals surface area contributed by atoms with Crippen LogP contribution in [0.4, 0.5) is 0 Å². The summed E-state index contributed by atoms with van der Waals surface area (Å²) in [7, 11) is 0. The van der Waals surface area contributed by atoms with E-state index in [2.05, 4.69) is 4.98 Å². The molecule has 0 radical (unpaired) electrons. The van der Waals surface area contributed by atoms with Gasteiger partial charge in [-0.2, -0.15) is 0 Å². The van der Waals surface area contributed by atoms with Gasteiger partial charge < -0.3 is 9.72 Å². The number of aromatic nitrogens is 2. The molecule has 1 aromatic carbocycles. The molecule has 0 saturated heterocycles. The fourth-order valence-corrected chi connectivity index (χ4v) is 2.18. The number of benzene rings is 1. The maximum Gasteiger partial charge on any atom is 0.341 e. The Morgan fingerprint density at radius 3 is 2.84 bits per heavy atom. The number of carbonyl (C=O) groups is 1. The number of hydrogen-bond acceptors (Lipinski definition) is 3. The first kappa shape index (κ1) is 11.5. The van der Waals surface area contributed by atoms with Crippen molar-refractivity contribution in [3.8, 4) is 0 Å². The Hall–Kier alpha value is -2.56. The molecule has 3 aromatic rings. The predicted molar refractivity (Wildman–Crippen MR) is 71.5 cm³/mol. The first-order valence-corrected chi connectivity index (χ1v) is 6.02. The minimum atomic E-state index is -0.438. The number of hydrogen-bond donors (Lipinski definition) is 1. The fraction of sp³-hybridized carbons (Fsp3) is 0.143. The van der Waals surface area contributed by atoms with E-state index in [4.69, 9.17) is 4.74 Å². The summed E-state index contributed by atoms with van der Waals surface area (Å²) in [4.78, 5) is 27.0. The quantitative estimate of drug-likeness (QED) is 0.713. The summed E-state index contributed by atoms with van der Waals surface area (Å²) in [5, 5.41) is 0. The zero-order valence-corrected chi connectivity index (χ0v) is 10.3. The van der Waals surface area contributed by atoms with Crippen LogP contribution in [0.15, 0.2) is 41.2 Å². The Balaban J connectivity index is 2.40. The van der Waals surface area contributed by atoms with Gasteiger partial charge in [0.05, 0.1) is 17.6 Å². The first-order chi connectivity index (χ1) is 9.22. The minimum absolute atomic E-state index is 0.180. The van der Waals surface area contributed by atoms with Gasteiger partial charge in [0, 0.05) is 6.07 Å². The third kappa shape index (κ3) is 1.71. The number of pyridine rings is 1. The summed E-state index contributed by atoms with van der Waals surface area (Å²) in [6, 6.07) is 10.3. The molecule has 1 N–H and O–H groups in total. The highest BCUT2D eigenvalue weighted by molar-refractivity contribution is 5.98. The van der Waals surface area contributed by atoms with Crippen LogP contribution in [0.1, 0.15) is 17.3 Å². The highest BCUT2D eigenvalue weighted by atomic mass is 16.5. The second kappa shape index (κ2) is 4.28. The van der Waals surface area contributed by atoms with Crippen molar-refractivity contribution >= 4 is 22.6 Å². The third-order valence-corrected chi connectivity index (χ3v) is 2.99. The molecule has 0 aliphatic carbocycles. The van der Waals surface area contributed by atoms with E-state index < -0.39 is 5.97 Å². The highest BCUT2D eigenvalue weighted by Gasteiger charge is 2.15. The van der Waals surface area contributed by atoms with Crippen molar-refractivity contribution in [2.75, 3.05) is 6.61 Å². The molecule has 2 aromatic heterocycles. The lowest BCUT2D eigenvalue weighted by atomic mass is 10.2. The molecular weight excluding hydrogens is 244 g/mol. The largest absolute Gasteiger partial charge is 0.462 e. The van der Waals surface area contributed by atoms with Crippen LogP contribution in [0.3, 0.4) is 0 Å². The summed E-state index contributed by atoms with van der Waals surface area (Å²) in [5.41, 5.74) is 2.19. The van der Waals surface area contributed by atoms with Gasteiger partial charge in [0.1, 0.15) is 11.2 Å². The Morgan fingerprint density at radius 1 is 1.26 bits per heavy atom. The number of rotatable bonds is 2. The molecule has 0 atom stereocenters. The predicted octanol–water partition coefficient (Wildman–Crippen LogP) is 1.96. The number of imidazole rings is 1. The molecule has 0 fully saturated rings. The van der Waals surface area contributed by atoms with Gasteiger partial charge in [-0.1, -0.05) is 12.1 Å². The molecule has 5 heteroatoms. The Labute approximate surface area is 108 Å². The lowest BCUT2D eigenvalue weighted by molar-refractivity contribution is 0.0528. The molecular formula is C14H12N2O3. The first-order valence-electron chi connectivity index (χ1n) is 6.02. The molecule has 0 saturated carbocycles. The van der Waals surface area contributed by atoms with Crippen molar-refractivity contribution in [2.24, 2.45) is 0 Å². The van der Waals surface area contributed by atoms with Gasteiger partial charge in [0.2, 0.25) is 0 Å². The molecule has 19 heavy (non-hydrogen) atoms. The van der Waals surface area contributed by atoms with Gasteiger partial charge in [-0.15, -0.1) is 0 Å². The summed E-state index contributed by atoms with van der Waals surface area (Å²) >= 11 is 0. The van der Waals surface area contributed by atoms with Gasteiger partial charge in [0.25, 0.3) is 5.56 Å². The monoisotopic (exact) mass is 256 g/mol. The number of fused-ring (bicyclic) bond motifs is 3. The van der Waals surface area contributed by atoms with Gasteiger partial charge in [-0.05, 0) is 25.1 Å². The van der Waals surface area contributed by atoms with E-state index in [1.807, 2.05) is 24.3 Å². The SMILES string of the molecule is CCOC(=O)c1ccc(=O)n2c1[nH]c1ccccc12. The molecule has 0 aliphatic heterocycles. The molecule has 2 heterocycles. The number of esters is 1. The smallest absolute Gasteiger partial charge is 0.341 e. The van der Waals surface area contributed by atoms with Gasteiger partial charge in [0.15, 0.2) is 0 Å². The maximum absolute atomic E-state index is 12.0. The lowest BCUT2D eigenvalue weighted by Crippen LogP contribution is -2.15. The topological polar surface area (TPSA) is 63.6 Å². The van der Waals surface area contributed by atoms with E-state index in [9.17, 15) is 9.59 Å². The van der Waals surface area contributed by atoms with Crippen molar-refractivity contribution in [1.82, 2.24) is 9.38 Å². The molecule has 0 unspecified atom stereocenters. The third-order valence-electron chi connectivity index (χ3n) is 2.99. The molecule has 0 amide bonds. The number of aromatic amines is 1. The van der Waals surface area contributed by atoms with Gasteiger partial charge in [-0.3, -0.25) is 9.20 Å². The van der Waals surface area contributed by atoms with Crippen LogP contribution in [-0.2, 0) is 4.74 Å². The number of carbonyl (C=O) groups excluding carboxylic acids is 1. The minimum Gasteiger partial charge on any atom is -0.462 e. The van der Waals surface area contributed by atoms with Crippen LogP contribution in [0.2, 0.25) is 0 Å². The summed E-state index contributed by atoms with van der Waals surface area (Å²) < 4.78 is 6.49. The van der Waals surface area contributed by atoms with E-state index in [0.717, 1.165) is 11.0 Å². The van der Waals surface area contributed by atoms with Crippen LogP contribution in [0.5, 0.6) is 0 Å². The van der Waals surface area contributed by atoms with Gasteiger partial charge >= 0.3 is 5.97 Å². The van der Waals surface area contributed by atoms with E-state index >= 15 is 0 Å². The van der Waals surface area contributed by atoms with Crippen LogP contribution in [0.25, 0.3) is 16.7 Å². The van der Waals surface area contributed by atoms with Crippen LogP contribution in [0, 0.1) is 0 Å². The number of ether oxygens (including phenoxy) is 1. The van der Waals surface area contributed by atoms with E-state index in [0.29, 0.717) is 17.8 Å². The van der Waals surface area contributed by atoms with Crippen molar-refractivity contribution in [3.05, 3.63) is 52.3 Å². The molecule has 0 aliphatic rings.